The lowest BCUT2D eigenvalue weighted by Crippen LogP contribution is -2.30. The Hall–Kier alpha value is -2.11. The van der Waals surface area contributed by atoms with Crippen molar-refractivity contribution in [2.75, 3.05) is 12.9 Å². The zero-order chi connectivity index (χ0) is 17.9. The molecule has 1 unspecified atom stereocenters. The Balaban J connectivity index is 2.27. The Morgan fingerprint density at radius 3 is 2.79 bits per heavy atom. The van der Waals surface area contributed by atoms with Crippen molar-refractivity contribution in [2.45, 2.75) is 39.3 Å². The van der Waals surface area contributed by atoms with Gasteiger partial charge in [-0.3, -0.25) is 4.79 Å². The third-order valence-corrected chi connectivity index (χ3v) is 4.52. The minimum atomic E-state index is -3.71. The van der Waals surface area contributed by atoms with E-state index in [1.807, 2.05) is 19.9 Å². The summed E-state index contributed by atoms with van der Waals surface area (Å²) in [6, 6.07) is 3.62. The summed E-state index contributed by atoms with van der Waals surface area (Å²) in [7, 11) is -3.71. The van der Waals surface area contributed by atoms with Crippen LogP contribution in [0.25, 0.3) is 6.08 Å². The van der Waals surface area contributed by atoms with Gasteiger partial charge >= 0.3 is 0 Å². The van der Waals surface area contributed by atoms with Gasteiger partial charge in [-0.05, 0) is 44.4 Å². The van der Waals surface area contributed by atoms with Crippen molar-refractivity contribution in [1.29, 1.82) is 5.26 Å². The largest absolute Gasteiger partial charge is 0.376 e. The molecule has 1 aromatic rings. The molecular formula is C16H21N3O4S. The molecule has 0 aromatic carbocycles. The molecule has 0 saturated carbocycles. The molecule has 2 rings (SSSR count). The Kier molecular flexibility index (Phi) is 5.47. The summed E-state index contributed by atoms with van der Waals surface area (Å²) in [6.07, 6.45) is 4.53. The molecule has 0 aliphatic carbocycles. The van der Waals surface area contributed by atoms with Gasteiger partial charge in [-0.2, -0.15) is 5.26 Å². The first-order valence-electron chi connectivity index (χ1n) is 7.63. The van der Waals surface area contributed by atoms with E-state index in [0.717, 1.165) is 43.6 Å². The summed E-state index contributed by atoms with van der Waals surface area (Å²) >= 11 is 0. The Morgan fingerprint density at radius 2 is 2.25 bits per heavy atom. The molecule has 0 spiro atoms. The highest BCUT2D eigenvalue weighted by molar-refractivity contribution is 7.89. The molecule has 1 aromatic heterocycles. The van der Waals surface area contributed by atoms with Crippen LogP contribution in [0.5, 0.6) is 0 Å². The van der Waals surface area contributed by atoms with Gasteiger partial charge in [-0.1, -0.05) is 0 Å². The molecule has 1 amide bonds. The smallest absolute Gasteiger partial charge is 0.275 e. The van der Waals surface area contributed by atoms with Crippen LogP contribution in [0.15, 0.2) is 11.6 Å². The van der Waals surface area contributed by atoms with Crippen LogP contribution < -0.4 is 4.72 Å². The van der Waals surface area contributed by atoms with Crippen LogP contribution in [0.4, 0.5) is 0 Å². The molecule has 2 heterocycles. The summed E-state index contributed by atoms with van der Waals surface area (Å²) in [6.45, 7) is 5.35. The number of carbonyl (C=O) groups is 1. The van der Waals surface area contributed by atoms with Crippen molar-refractivity contribution in [3.05, 3.63) is 28.6 Å². The van der Waals surface area contributed by atoms with Gasteiger partial charge in [0, 0.05) is 24.5 Å². The highest BCUT2D eigenvalue weighted by Crippen LogP contribution is 2.22. The van der Waals surface area contributed by atoms with Gasteiger partial charge in [0.1, 0.15) is 11.6 Å². The van der Waals surface area contributed by atoms with Crippen LogP contribution in [0.3, 0.4) is 0 Å². The third kappa shape index (κ3) is 4.46. The molecule has 0 radical (unpaired) electrons. The predicted octanol–water partition coefficient (Wildman–Crippen LogP) is 1.27. The zero-order valence-electron chi connectivity index (χ0n) is 14.0. The van der Waals surface area contributed by atoms with Crippen molar-refractivity contribution in [3.8, 4) is 6.07 Å². The molecule has 7 nitrogen and oxygen atoms in total. The lowest BCUT2D eigenvalue weighted by molar-refractivity contribution is -0.115. The van der Waals surface area contributed by atoms with Gasteiger partial charge < -0.3 is 9.30 Å². The second-order valence-electron chi connectivity index (χ2n) is 5.95. The van der Waals surface area contributed by atoms with Gasteiger partial charge in [0.05, 0.1) is 12.4 Å². The maximum Gasteiger partial charge on any atom is 0.275 e. The molecule has 24 heavy (non-hydrogen) atoms. The zero-order valence-corrected chi connectivity index (χ0v) is 14.8. The van der Waals surface area contributed by atoms with Crippen LogP contribution in [0, 0.1) is 25.2 Å². The number of amides is 1. The minimum absolute atomic E-state index is 0.176. The van der Waals surface area contributed by atoms with Gasteiger partial charge in [0.15, 0.2) is 0 Å². The number of aromatic nitrogens is 1. The maximum atomic E-state index is 11.9. The van der Waals surface area contributed by atoms with Gasteiger partial charge in [0.2, 0.25) is 10.0 Å². The van der Waals surface area contributed by atoms with E-state index in [2.05, 4.69) is 4.57 Å². The Bertz CT molecular complexity index is 809. The topological polar surface area (TPSA) is 101 Å². The van der Waals surface area contributed by atoms with E-state index in [1.54, 1.807) is 10.8 Å². The second kappa shape index (κ2) is 7.20. The molecule has 1 fully saturated rings. The third-order valence-electron chi connectivity index (χ3n) is 3.97. The van der Waals surface area contributed by atoms with E-state index >= 15 is 0 Å². The Morgan fingerprint density at radius 1 is 1.54 bits per heavy atom. The van der Waals surface area contributed by atoms with Crippen molar-refractivity contribution < 1.29 is 17.9 Å². The van der Waals surface area contributed by atoms with Crippen LogP contribution in [0.2, 0.25) is 0 Å². The van der Waals surface area contributed by atoms with Crippen LogP contribution in [-0.2, 0) is 26.1 Å². The molecule has 8 heteroatoms. The number of hydrogen-bond donors (Lipinski definition) is 1. The van der Waals surface area contributed by atoms with Crippen molar-refractivity contribution in [2.24, 2.45) is 0 Å². The second-order valence-corrected chi connectivity index (χ2v) is 7.69. The van der Waals surface area contributed by atoms with Crippen molar-refractivity contribution in [3.63, 3.8) is 0 Å². The molecule has 1 N–H and O–H groups in total. The number of nitriles is 1. The Labute approximate surface area is 142 Å². The fourth-order valence-corrected chi connectivity index (χ4v) is 3.22. The monoisotopic (exact) mass is 351 g/mol. The normalized spacial score (nSPS) is 18.4. The van der Waals surface area contributed by atoms with Crippen LogP contribution in [-0.4, -0.2) is 37.9 Å². The van der Waals surface area contributed by atoms with Gasteiger partial charge in [-0.25, -0.2) is 13.1 Å². The molecule has 1 atom stereocenters. The number of nitrogens with one attached hydrogen (secondary N) is 1. The SMILES string of the molecule is Cc1cc(C=C(C#N)C(=O)NS(C)(=O)=O)c(C)n1CC1CCCO1. The fraction of sp³-hybridized carbons (Fsp3) is 0.500. The standard InChI is InChI=1S/C16H21N3O4S/c1-11-7-13(8-14(9-17)16(20)18-24(3,21)22)12(2)19(11)10-15-5-4-6-23-15/h7-8,15H,4-6,10H2,1-3H3,(H,18,20). The van der Waals surface area contributed by atoms with E-state index < -0.39 is 15.9 Å². The van der Waals surface area contributed by atoms with E-state index in [4.69, 9.17) is 10.00 Å². The number of aryl methyl sites for hydroxylation is 1. The van der Waals surface area contributed by atoms with E-state index in [9.17, 15) is 13.2 Å². The van der Waals surface area contributed by atoms with Crippen molar-refractivity contribution >= 4 is 22.0 Å². The van der Waals surface area contributed by atoms with Gasteiger partial charge in [0.25, 0.3) is 5.91 Å². The lowest BCUT2D eigenvalue weighted by atomic mass is 10.1. The quantitative estimate of drug-likeness (QED) is 0.636. The van der Waals surface area contributed by atoms with Crippen molar-refractivity contribution in [1.82, 2.24) is 9.29 Å². The van der Waals surface area contributed by atoms with Gasteiger partial charge in [-0.15, -0.1) is 0 Å². The molecule has 1 saturated heterocycles. The summed E-state index contributed by atoms with van der Waals surface area (Å²) in [5.41, 5.74) is 2.36. The average molecular weight is 351 g/mol. The molecule has 1 aliphatic heterocycles. The molecule has 0 bridgehead atoms. The maximum absolute atomic E-state index is 11.9. The van der Waals surface area contributed by atoms with E-state index in [1.165, 1.54) is 6.08 Å². The number of ether oxygens (including phenoxy) is 1. The predicted molar refractivity (Wildman–Crippen MR) is 89.5 cm³/mol. The van der Waals surface area contributed by atoms with Crippen LogP contribution >= 0.6 is 0 Å². The first kappa shape index (κ1) is 18.2. The number of sulfonamides is 1. The highest BCUT2D eigenvalue weighted by atomic mass is 32.2. The number of hydrogen-bond acceptors (Lipinski definition) is 5. The van der Waals surface area contributed by atoms with E-state index in [0.29, 0.717) is 5.56 Å². The highest BCUT2D eigenvalue weighted by Gasteiger charge is 2.19. The first-order valence-corrected chi connectivity index (χ1v) is 9.52. The molecular weight excluding hydrogens is 330 g/mol. The number of rotatable bonds is 5. The summed E-state index contributed by atoms with van der Waals surface area (Å²) < 4.78 is 31.8. The molecule has 130 valence electrons. The fourth-order valence-electron chi connectivity index (χ4n) is 2.77. The first-order chi connectivity index (χ1) is 11.2. The average Bonchev–Trinajstić information content (AvgIpc) is 3.07. The van der Waals surface area contributed by atoms with E-state index in [-0.39, 0.29) is 11.7 Å². The van der Waals surface area contributed by atoms with Crippen LogP contribution in [0.1, 0.15) is 29.8 Å². The minimum Gasteiger partial charge on any atom is -0.376 e. The number of carbonyl (C=O) groups excluding carboxylic acids is 1. The summed E-state index contributed by atoms with van der Waals surface area (Å²) in [5.74, 6) is -0.927. The summed E-state index contributed by atoms with van der Waals surface area (Å²) in [5, 5.41) is 9.15. The number of nitrogens with zero attached hydrogens (tertiary/aromatic N) is 2. The summed E-state index contributed by atoms with van der Waals surface area (Å²) in [4.78, 5) is 11.9. The lowest BCUT2D eigenvalue weighted by Gasteiger charge is -2.14. The molecule has 1 aliphatic rings.